The predicted molar refractivity (Wildman–Crippen MR) is 75.2 cm³/mol. The molecule has 0 saturated heterocycles. The van der Waals surface area contributed by atoms with Crippen molar-refractivity contribution in [3.05, 3.63) is 42.0 Å². The van der Waals surface area contributed by atoms with Gasteiger partial charge in [-0.05, 0) is 23.5 Å². The Labute approximate surface area is 113 Å². The van der Waals surface area contributed by atoms with Crippen molar-refractivity contribution in [2.24, 2.45) is 11.8 Å². The van der Waals surface area contributed by atoms with Crippen LogP contribution in [0.5, 0.6) is 0 Å². The summed E-state index contributed by atoms with van der Waals surface area (Å²) in [4.78, 5) is 23.5. The van der Waals surface area contributed by atoms with E-state index in [1.165, 1.54) is 0 Å². The Bertz CT molecular complexity index is 558. The van der Waals surface area contributed by atoms with Crippen LogP contribution >= 0.6 is 0 Å². The van der Waals surface area contributed by atoms with E-state index in [0.717, 1.165) is 5.56 Å². The molecular formula is C17H16O2. The molecule has 0 bridgehead atoms. The normalized spacial score (nSPS) is 22.7. The van der Waals surface area contributed by atoms with Gasteiger partial charge in [-0.15, -0.1) is 0 Å². The number of benzene rings is 1. The number of rotatable bonds is 3. The van der Waals surface area contributed by atoms with Crippen LogP contribution in [0.25, 0.3) is 6.08 Å². The fourth-order valence-corrected chi connectivity index (χ4v) is 2.19. The standard InChI is InChI=1S/C17H16O2/c1-13-12-15(18)8-5-9-16(13)17(19)11-10-14-6-3-2-4-7-14/h2-4,6-7,10-11,13,16H,9,12H2,1H3/b11-10+. The van der Waals surface area contributed by atoms with Gasteiger partial charge in [0.1, 0.15) is 0 Å². The number of carbonyl (C=O) groups excluding carboxylic acids is 2. The average Bonchev–Trinajstić information content (AvgIpc) is 2.58. The molecule has 0 N–H and O–H groups in total. The molecule has 0 radical (unpaired) electrons. The van der Waals surface area contributed by atoms with Crippen molar-refractivity contribution < 1.29 is 9.59 Å². The molecule has 0 aliphatic heterocycles. The first-order chi connectivity index (χ1) is 9.16. The Morgan fingerprint density at radius 3 is 2.79 bits per heavy atom. The first kappa shape index (κ1) is 13.3. The molecule has 2 unspecified atom stereocenters. The van der Waals surface area contributed by atoms with Crippen LogP contribution in [-0.2, 0) is 9.59 Å². The molecule has 0 heterocycles. The van der Waals surface area contributed by atoms with Crippen LogP contribution in [0.4, 0.5) is 0 Å². The van der Waals surface area contributed by atoms with Gasteiger partial charge in [-0.3, -0.25) is 9.59 Å². The topological polar surface area (TPSA) is 34.1 Å². The SMILES string of the molecule is CC1CC(=O)C#CCC1C(=O)/C=C/c1ccccc1. The molecule has 2 atom stereocenters. The molecule has 2 nitrogen and oxygen atoms in total. The van der Waals surface area contributed by atoms with E-state index < -0.39 is 0 Å². The number of carbonyl (C=O) groups is 2. The molecular weight excluding hydrogens is 236 g/mol. The molecule has 96 valence electrons. The molecule has 0 amide bonds. The molecule has 0 saturated carbocycles. The maximum atomic E-state index is 12.2. The molecule has 0 spiro atoms. The van der Waals surface area contributed by atoms with E-state index in [0.29, 0.717) is 12.8 Å². The minimum absolute atomic E-state index is 0.0444. The van der Waals surface area contributed by atoms with Gasteiger partial charge in [-0.2, -0.15) is 0 Å². The quantitative estimate of drug-likeness (QED) is 0.471. The van der Waals surface area contributed by atoms with Crippen molar-refractivity contribution in [1.29, 1.82) is 0 Å². The van der Waals surface area contributed by atoms with Gasteiger partial charge in [0.2, 0.25) is 5.78 Å². The lowest BCUT2D eigenvalue weighted by Crippen LogP contribution is -2.20. The van der Waals surface area contributed by atoms with E-state index in [2.05, 4.69) is 11.8 Å². The summed E-state index contributed by atoms with van der Waals surface area (Å²) in [5.41, 5.74) is 0.999. The Morgan fingerprint density at radius 2 is 2.05 bits per heavy atom. The van der Waals surface area contributed by atoms with Crippen molar-refractivity contribution >= 4 is 17.6 Å². The van der Waals surface area contributed by atoms with Gasteiger partial charge in [0.15, 0.2) is 5.78 Å². The first-order valence-corrected chi connectivity index (χ1v) is 6.45. The number of Topliss-reactive ketones (excluding diaryl/α,β-unsaturated/α-hetero) is 1. The summed E-state index contributed by atoms with van der Waals surface area (Å²) in [5.74, 6) is 5.24. The summed E-state index contributed by atoms with van der Waals surface area (Å²) in [5, 5.41) is 0. The number of hydrogen-bond acceptors (Lipinski definition) is 2. The van der Waals surface area contributed by atoms with Crippen LogP contribution in [0, 0.1) is 23.7 Å². The van der Waals surface area contributed by atoms with Crippen molar-refractivity contribution in [2.75, 3.05) is 0 Å². The first-order valence-electron chi connectivity index (χ1n) is 6.45. The lowest BCUT2D eigenvalue weighted by molar-refractivity contribution is -0.120. The van der Waals surface area contributed by atoms with Gasteiger partial charge in [0.25, 0.3) is 0 Å². The van der Waals surface area contributed by atoms with Crippen LogP contribution in [0.3, 0.4) is 0 Å². The summed E-state index contributed by atoms with van der Waals surface area (Å²) in [6, 6.07) is 9.70. The van der Waals surface area contributed by atoms with Gasteiger partial charge in [0.05, 0.1) is 0 Å². The summed E-state index contributed by atoms with van der Waals surface area (Å²) >= 11 is 0. The van der Waals surface area contributed by atoms with E-state index >= 15 is 0 Å². The summed E-state index contributed by atoms with van der Waals surface area (Å²) in [7, 11) is 0. The Hall–Kier alpha value is -2.14. The van der Waals surface area contributed by atoms with Gasteiger partial charge < -0.3 is 0 Å². The van der Waals surface area contributed by atoms with Crippen LogP contribution in [0.2, 0.25) is 0 Å². The Balaban J connectivity index is 2.06. The zero-order valence-electron chi connectivity index (χ0n) is 10.9. The fraction of sp³-hybridized carbons (Fsp3) is 0.294. The average molecular weight is 252 g/mol. The largest absolute Gasteiger partial charge is 0.294 e. The van der Waals surface area contributed by atoms with E-state index in [4.69, 9.17) is 0 Å². The van der Waals surface area contributed by atoms with Crippen molar-refractivity contribution in [1.82, 2.24) is 0 Å². The third kappa shape index (κ3) is 3.66. The van der Waals surface area contributed by atoms with Crippen LogP contribution in [-0.4, -0.2) is 11.6 Å². The highest BCUT2D eigenvalue weighted by atomic mass is 16.1. The third-order valence-electron chi connectivity index (χ3n) is 3.35. The minimum atomic E-state index is -0.168. The maximum Gasteiger partial charge on any atom is 0.205 e. The van der Waals surface area contributed by atoms with Crippen LogP contribution < -0.4 is 0 Å². The second kappa shape index (κ2) is 6.15. The van der Waals surface area contributed by atoms with Crippen molar-refractivity contribution in [3.8, 4) is 11.8 Å². The zero-order chi connectivity index (χ0) is 13.7. The second-order valence-electron chi connectivity index (χ2n) is 4.86. The minimum Gasteiger partial charge on any atom is -0.294 e. The molecule has 1 aliphatic rings. The molecule has 2 rings (SSSR count). The molecule has 19 heavy (non-hydrogen) atoms. The van der Waals surface area contributed by atoms with E-state index in [1.54, 1.807) is 6.08 Å². The zero-order valence-corrected chi connectivity index (χ0v) is 10.9. The molecule has 0 fully saturated rings. The fourth-order valence-electron chi connectivity index (χ4n) is 2.19. The highest BCUT2D eigenvalue weighted by Crippen LogP contribution is 2.23. The van der Waals surface area contributed by atoms with E-state index in [-0.39, 0.29) is 23.4 Å². The third-order valence-corrected chi connectivity index (χ3v) is 3.35. The van der Waals surface area contributed by atoms with Crippen molar-refractivity contribution in [2.45, 2.75) is 19.8 Å². The summed E-state index contributed by atoms with van der Waals surface area (Å²) < 4.78 is 0. The number of allylic oxidation sites excluding steroid dienone is 1. The molecule has 1 aliphatic carbocycles. The van der Waals surface area contributed by atoms with Gasteiger partial charge in [-0.1, -0.05) is 49.3 Å². The van der Waals surface area contributed by atoms with Crippen molar-refractivity contribution in [3.63, 3.8) is 0 Å². The number of ketones is 2. The number of hydrogen-bond donors (Lipinski definition) is 0. The Kier molecular flexibility index (Phi) is 4.30. The lowest BCUT2D eigenvalue weighted by atomic mass is 9.85. The highest BCUT2D eigenvalue weighted by molar-refractivity contribution is 5.99. The van der Waals surface area contributed by atoms with Gasteiger partial charge in [0, 0.05) is 18.8 Å². The summed E-state index contributed by atoms with van der Waals surface area (Å²) in [6.07, 6.45) is 4.27. The molecule has 1 aromatic rings. The highest BCUT2D eigenvalue weighted by Gasteiger charge is 2.25. The van der Waals surface area contributed by atoms with Gasteiger partial charge in [-0.25, -0.2) is 0 Å². The molecule has 2 heteroatoms. The maximum absolute atomic E-state index is 12.2. The van der Waals surface area contributed by atoms with Gasteiger partial charge >= 0.3 is 0 Å². The molecule has 0 aromatic heterocycles. The van der Waals surface area contributed by atoms with E-state index in [9.17, 15) is 9.59 Å². The predicted octanol–water partition coefficient (Wildman–Crippen LogP) is 2.89. The summed E-state index contributed by atoms with van der Waals surface area (Å²) in [6.45, 7) is 1.94. The van der Waals surface area contributed by atoms with E-state index in [1.807, 2.05) is 43.3 Å². The monoisotopic (exact) mass is 252 g/mol. The smallest absolute Gasteiger partial charge is 0.205 e. The Morgan fingerprint density at radius 1 is 1.32 bits per heavy atom. The molecule has 1 aromatic carbocycles. The van der Waals surface area contributed by atoms with Crippen LogP contribution in [0.1, 0.15) is 25.3 Å². The van der Waals surface area contributed by atoms with Crippen LogP contribution in [0.15, 0.2) is 36.4 Å². The lowest BCUT2D eigenvalue weighted by Gasteiger charge is -2.16. The second-order valence-corrected chi connectivity index (χ2v) is 4.86.